The zero-order chi connectivity index (χ0) is 12.4. The second-order valence-electron chi connectivity index (χ2n) is 4.96. The molecule has 0 aromatic carbocycles. The molecule has 0 radical (unpaired) electrons. The van der Waals surface area contributed by atoms with Gasteiger partial charge in [0.2, 0.25) is 0 Å². The molecule has 1 heteroatoms. The summed E-state index contributed by atoms with van der Waals surface area (Å²) in [6, 6.07) is 0. The van der Waals surface area contributed by atoms with Crippen molar-refractivity contribution >= 4 is 6.29 Å². The molecule has 0 saturated carbocycles. The van der Waals surface area contributed by atoms with E-state index in [1.165, 1.54) is 11.1 Å². The molecular weight excluding hydrogens is 196 g/mol. The van der Waals surface area contributed by atoms with Gasteiger partial charge in [0.15, 0.2) is 0 Å². The minimum atomic E-state index is 0.527. The van der Waals surface area contributed by atoms with Crippen molar-refractivity contribution in [2.75, 3.05) is 0 Å². The maximum absolute atomic E-state index is 10.3. The Hall–Kier alpha value is -0.850. The Morgan fingerprint density at radius 1 is 1.12 bits per heavy atom. The highest BCUT2D eigenvalue weighted by Crippen LogP contribution is 2.12. The predicted molar refractivity (Wildman–Crippen MR) is 71.5 cm³/mol. The number of allylic oxidation sites excluding steroid dienone is 4. The van der Waals surface area contributed by atoms with E-state index in [1.54, 1.807) is 0 Å². The highest BCUT2D eigenvalue weighted by atomic mass is 16.1. The molecule has 0 aromatic rings. The predicted octanol–water partition coefficient (Wildman–Crippen LogP) is 4.68. The molecule has 0 fully saturated rings. The normalized spacial score (nSPS) is 13.4. The lowest BCUT2D eigenvalue weighted by Crippen LogP contribution is -1.94. The fourth-order valence-electron chi connectivity index (χ4n) is 1.59. The van der Waals surface area contributed by atoms with Crippen molar-refractivity contribution in [1.82, 2.24) is 0 Å². The van der Waals surface area contributed by atoms with Gasteiger partial charge in [-0.3, -0.25) is 0 Å². The van der Waals surface area contributed by atoms with Gasteiger partial charge in [0.1, 0.15) is 6.29 Å². The summed E-state index contributed by atoms with van der Waals surface area (Å²) in [5, 5.41) is 0. The summed E-state index contributed by atoms with van der Waals surface area (Å²) >= 11 is 0. The van der Waals surface area contributed by atoms with Crippen LogP contribution >= 0.6 is 0 Å². The third kappa shape index (κ3) is 9.70. The van der Waals surface area contributed by atoms with E-state index in [2.05, 4.69) is 39.8 Å². The number of hydrogen-bond donors (Lipinski definition) is 0. The smallest absolute Gasteiger partial charge is 0.120 e. The van der Waals surface area contributed by atoms with Gasteiger partial charge in [-0.1, -0.05) is 30.2 Å². The minimum absolute atomic E-state index is 0.527. The molecule has 0 N–H and O–H groups in total. The number of aldehydes is 1. The van der Waals surface area contributed by atoms with Crippen LogP contribution in [0.3, 0.4) is 0 Å². The quantitative estimate of drug-likeness (QED) is 0.430. The van der Waals surface area contributed by atoms with E-state index in [9.17, 15) is 4.79 Å². The molecule has 0 heterocycles. The van der Waals surface area contributed by atoms with E-state index in [0.29, 0.717) is 12.3 Å². The summed E-state index contributed by atoms with van der Waals surface area (Å²) in [6.07, 6.45) is 10.9. The lowest BCUT2D eigenvalue weighted by molar-refractivity contribution is -0.108. The van der Waals surface area contributed by atoms with Gasteiger partial charge in [0, 0.05) is 6.42 Å². The fraction of sp³-hybridized carbons (Fsp3) is 0.667. The maximum Gasteiger partial charge on any atom is 0.120 e. The molecule has 0 aromatic heterocycles. The number of hydrogen-bond acceptors (Lipinski definition) is 1. The molecule has 0 saturated heterocycles. The summed E-state index contributed by atoms with van der Waals surface area (Å²) in [4.78, 5) is 10.3. The molecule has 0 rings (SSSR count). The standard InChI is InChI=1S/C15H26O/c1-13(2)7-5-8-14(3)9-6-10-15(4)11-12-16/h7,9,12,15H,5-6,8,10-11H2,1-4H3/b14-9-/t15-/m1/s1. The molecule has 0 aliphatic carbocycles. The molecule has 0 unspecified atom stereocenters. The van der Waals surface area contributed by atoms with Crippen molar-refractivity contribution in [3.05, 3.63) is 23.3 Å². The van der Waals surface area contributed by atoms with E-state index < -0.39 is 0 Å². The van der Waals surface area contributed by atoms with Crippen LogP contribution in [0.2, 0.25) is 0 Å². The largest absolute Gasteiger partial charge is 0.303 e. The molecule has 0 bridgehead atoms. The summed E-state index contributed by atoms with van der Waals surface area (Å²) in [7, 11) is 0. The monoisotopic (exact) mass is 222 g/mol. The zero-order valence-electron chi connectivity index (χ0n) is 11.3. The van der Waals surface area contributed by atoms with E-state index >= 15 is 0 Å². The second kappa shape index (κ2) is 9.38. The average Bonchev–Trinajstić information content (AvgIpc) is 2.17. The Bertz CT molecular complexity index is 244. The number of carbonyl (C=O) groups is 1. The highest BCUT2D eigenvalue weighted by molar-refractivity contribution is 5.49. The van der Waals surface area contributed by atoms with Crippen LogP contribution in [-0.4, -0.2) is 6.29 Å². The first-order valence-electron chi connectivity index (χ1n) is 6.29. The van der Waals surface area contributed by atoms with Crippen molar-refractivity contribution in [3.8, 4) is 0 Å². The summed E-state index contributed by atoms with van der Waals surface area (Å²) in [6.45, 7) is 8.62. The second-order valence-corrected chi connectivity index (χ2v) is 4.96. The number of rotatable bonds is 8. The Balaban J connectivity index is 3.70. The van der Waals surface area contributed by atoms with E-state index in [1.807, 2.05) is 0 Å². The highest BCUT2D eigenvalue weighted by Gasteiger charge is 1.99. The van der Waals surface area contributed by atoms with Crippen molar-refractivity contribution in [3.63, 3.8) is 0 Å². The van der Waals surface area contributed by atoms with Crippen LogP contribution in [0.5, 0.6) is 0 Å². The van der Waals surface area contributed by atoms with E-state index in [0.717, 1.165) is 32.0 Å². The van der Waals surface area contributed by atoms with Crippen LogP contribution in [0.4, 0.5) is 0 Å². The summed E-state index contributed by atoms with van der Waals surface area (Å²) in [5.41, 5.74) is 2.86. The lowest BCUT2D eigenvalue weighted by atomic mass is 10.0. The lowest BCUT2D eigenvalue weighted by Gasteiger charge is -2.05. The molecule has 0 aliphatic rings. The van der Waals surface area contributed by atoms with Crippen molar-refractivity contribution < 1.29 is 4.79 Å². The van der Waals surface area contributed by atoms with Gasteiger partial charge in [-0.15, -0.1) is 0 Å². The van der Waals surface area contributed by atoms with E-state index in [4.69, 9.17) is 0 Å². The Morgan fingerprint density at radius 2 is 1.81 bits per heavy atom. The van der Waals surface area contributed by atoms with Crippen molar-refractivity contribution in [1.29, 1.82) is 0 Å². The minimum Gasteiger partial charge on any atom is -0.303 e. The SMILES string of the molecule is CC(C)=CCC/C(C)=C\CC[C@@H](C)CC=O. The average molecular weight is 222 g/mol. The van der Waals surface area contributed by atoms with Gasteiger partial charge in [0.05, 0.1) is 0 Å². The summed E-state index contributed by atoms with van der Waals surface area (Å²) in [5.74, 6) is 0.527. The first kappa shape index (κ1) is 15.2. The van der Waals surface area contributed by atoms with Gasteiger partial charge in [-0.05, 0) is 52.4 Å². The third-order valence-electron chi connectivity index (χ3n) is 2.74. The Kier molecular flexibility index (Phi) is 8.88. The molecule has 0 spiro atoms. The molecule has 16 heavy (non-hydrogen) atoms. The van der Waals surface area contributed by atoms with Gasteiger partial charge < -0.3 is 4.79 Å². The Morgan fingerprint density at radius 3 is 2.38 bits per heavy atom. The molecule has 1 nitrogen and oxygen atoms in total. The van der Waals surface area contributed by atoms with Crippen LogP contribution in [-0.2, 0) is 4.79 Å². The first-order valence-corrected chi connectivity index (χ1v) is 6.29. The van der Waals surface area contributed by atoms with Crippen LogP contribution < -0.4 is 0 Å². The van der Waals surface area contributed by atoms with Crippen LogP contribution in [0, 0.1) is 5.92 Å². The Labute approximate surface area is 101 Å². The first-order chi connectivity index (χ1) is 7.56. The van der Waals surface area contributed by atoms with Gasteiger partial charge in [-0.25, -0.2) is 0 Å². The van der Waals surface area contributed by atoms with Crippen LogP contribution in [0.15, 0.2) is 23.3 Å². The van der Waals surface area contributed by atoms with Crippen molar-refractivity contribution in [2.24, 2.45) is 5.92 Å². The topological polar surface area (TPSA) is 17.1 Å². The van der Waals surface area contributed by atoms with Crippen LogP contribution in [0.25, 0.3) is 0 Å². The molecule has 0 aliphatic heterocycles. The van der Waals surface area contributed by atoms with Gasteiger partial charge in [-0.2, -0.15) is 0 Å². The molecule has 1 atom stereocenters. The maximum atomic E-state index is 10.3. The fourth-order valence-corrected chi connectivity index (χ4v) is 1.59. The van der Waals surface area contributed by atoms with Crippen molar-refractivity contribution in [2.45, 2.75) is 59.8 Å². The summed E-state index contributed by atoms with van der Waals surface area (Å²) < 4.78 is 0. The van der Waals surface area contributed by atoms with Gasteiger partial charge in [0.25, 0.3) is 0 Å². The number of carbonyl (C=O) groups excluding carboxylic acids is 1. The molecule has 0 amide bonds. The molecular formula is C15H26O. The van der Waals surface area contributed by atoms with Crippen LogP contribution in [0.1, 0.15) is 59.8 Å². The molecule has 92 valence electrons. The third-order valence-corrected chi connectivity index (χ3v) is 2.74. The van der Waals surface area contributed by atoms with E-state index in [-0.39, 0.29) is 0 Å². The van der Waals surface area contributed by atoms with Gasteiger partial charge >= 0.3 is 0 Å². The zero-order valence-corrected chi connectivity index (χ0v) is 11.3.